The highest BCUT2D eigenvalue weighted by molar-refractivity contribution is 5.96. The molecule has 4 amide bonds. The average Bonchev–Trinajstić information content (AvgIpc) is 3.62. The molecule has 4 atom stereocenters. The molecule has 0 radical (unpaired) electrons. The highest BCUT2D eigenvalue weighted by Crippen LogP contribution is 2.21. The molecule has 4 rings (SSSR count). The summed E-state index contributed by atoms with van der Waals surface area (Å²) in [7, 11) is 0. The lowest BCUT2D eigenvalue weighted by Gasteiger charge is -2.25. The minimum Gasteiger partial charge on any atom is -0.481 e. The first-order valence-corrected chi connectivity index (χ1v) is 14.4. The molecule has 0 spiro atoms. The normalized spacial score (nSPS) is 13.8. The highest BCUT2D eigenvalue weighted by Gasteiger charge is 2.32. The fraction of sp³-hybridized carbons (Fsp3) is 0.290. The zero-order chi connectivity index (χ0) is 33.4. The van der Waals surface area contributed by atoms with E-state index in [9.17, 15) is 33.9 Å². The third kappa shape index (κ3) is 8.47. The van der Waals surface area contributed by atoms with E-state index in [-0.39, 0.29) is 25.7 Å². The first-order valence-electron chi connectivity index (χ1n) is 14.4. The molecule has 0 saturated heterocycles. The molecule has 2 aromatic heterocycles. The lowest BCUT2D eigenvalue weighted by molar-refractivity contribution is -0.143. The summed E-state index contributed by atoms with van der Waals surface area (Å²) in [6.07, 6.45) is 1.99. The van der Waals surface area contributed by atoms with Crippen molar-refractivity contribution in [1.82, 2.24) is 25.9 Å². The van der Waals surface area contributed by atoms with E-state index in [4.69, 9.17) is 16.6 Å². The molecular formula is C31H35N7O8. The third-order valence-corrected chi connectivity index (χ3v) is 7.49. The van der Waals surface area contributed by atoms with E-state index in [2.05, 4.69) is 25.9 Å². The smallest absolute Gasteiger partial charge is 0.326 e. The van der Waals surface area contributed by atoms with Crippen molar-refractivity contribution in [2.24, 2.45) is 11.5 Å². The monoisotopic (exact) mass is 633 g/mol. The second-order valence-electron chi connectivity index (χ2n) is 10.9. The molecule has 46 heavy (non-hydrogen) atoms. The first kappa shape index (κ1) is 33.2. The number of fused-ring (bicyclic) bond motifs is 2. The fourth-order valence-electron chi connectivity index (χ4n) is 5.09. The predicted octanol–water partition coefficient (Wildman–Crippen LogP) is 0.0409. The topological polar surface area (TPSA) is 263 Å². The van der Waals surface area contributed by atoms with Crippen molar-refractivity contribution in [3.05, 3.63) is 72.1 Å². The second-order valence-corrected chi connectivity index (χ2v) is 10.9. The molecule has 15 heteroatoms. The summed E-state index contributed by atoms with van der Waals surface area (Å²) in [4.78, 5) is 80.8. The van der Waals surface area contributed by atoms with E-state index in [1.165, 1.54) is 0 Å². The molecule has 2 heterocycles. The van der Waals surface area contributed by atoms with Gasteiger partial charge in [0.25, 0.3) is 0 Å². The van der Waals surface area contributed by atoms with Gasteiger partial charge in [-0.3, -0.25) is 24.0 Å². The Morgan fingerprint density at radius 3 is 1.61 bits per heavy atom. The van der Waals surface area contributed by atoms with E-state index in [1.807, 2.05) is 42.5 Å². The third-order valence-electron chi connectivity index (χ3n) is 7.49. The molecule has 0 saturated carbocycles. The Morgan fingerprint density at radius 2 is 1.15 bits per heavy atom. The van der Waals surface area contributed by atoms with Crippen molar-refractivity contribution in [3.63, 3.8) is 0 Å². The maximum absolute atomic E-state index is 13.9. The van der Waals surface area contributed by atoms with Crippen molar-refractivity contribution >= 4 is 57.4 Å². The minimum atomic E-state index is -1.65. The highest BCUT2D eigenvalue weighted by atomic mass is 16.4. The quantitative estimate of drug-likeness (QED) is 0.0805. The van der Waals surface area contributed by atoms with Gasteiger partial charge in [-0.25, -0.2) is 4.79 Å². The van der Waals surface area contributed by atoms with Gasteiger partial charge < -0.3 is 47.6 Å². The molecular weight excluding hydrogens is 598 g/mol. The predicted molar refractivity (Wildman–Crippen MR) is 166 cm³/mol. The van der Waals surface area contributed by atoms with E-state index in [0.29, 0.717) is 11.1 Å². The zero-order valence-corrected chi connectivity index (χ0v) is 24.6. The molecule has 0 fully saturated rings. The lowest BCUT2D eigenvalue weighted by atomic mass is 10.0. The molecule has 4 unspecified atom stereocenters. The summed E-state index contributed by atoms with van der Waals surface area (Å²) in [5, 5.41) is 27.6. The summed E-state index contributed by atoms with van der Waals surface area (Å²) in [6, 6.07) is 9.01. The molecule has 0 aliphatic carbocycles. The number of aromatic nitrogens is 2. The molecule has 4 aromatic rings. The number of carbonyl (C=O) groups excluding carboxylic acids is 4. The molecule has 0 aliphatic heterocycles. The number of nitrogens with two attached hydrogens (primary N) is 2. The Bertz CT molecular complexity index is 1760. The number of nitrogens with one attached hydrogen (secondary N) is 5. The van der Waals surface area contributed by atoms with Crippen LogP contribution in [0.2, 0.25) is 0 Å². The van der Waals surface area contributed by atoms with Crippen molar-refractivity contribution in [2.75, 3.05) is 0 Å². The summed E-state index contributed by atoms with van der Waals surface area (Å²) in [5.41, 5.74) is 13.9. The summed E-state index contributed by atoms with van der Waals surface area (Å²) < 4.78 is 0. The van der Waals surface area contributed by atoms with Gasteiger partial charge in [-0.15, -0.1) is 0 Å². The largest absolute Gasteiger partial charge is 0.481 e. The Hall–Kier alpha value is -5.70. The van der Waals surface area contributed by atoms with Crippen molar-refractivity contribution < 1.29 is 39.0 Å². The molecule has 0 aliphatic rings. The van der Waals surface area contributed by atoms with Crippen LogP contribution in [0.15, 0.2) is 60.9 Å². The standard InChI is InChI=1S/C31H35N7O8/c32-20(9-10-27(40)41)28(42)36-23(11-16-14-34-21-7-3-1-5-18(16)21)29(43)37-24(30(44)38-25(31(45)46)13-26(33)39)12-17-15-35-22-8-4-2-6-19(17)22/h1-8,14-15,20,23-25,34-35H,9-13,32H2,(H2,33,39)(H,36,42)(H,37,43)(H,38,44)(H,40,41)(H,45,46). The van der Waals surface area contributed by atoms with E-state index < -0.39 is 66.2 Å². The Morgan fingerprint density at radius 1 is 0.696 bits per heavy atom. The van der Waals surface area contributed by atoms with Gasteiger partial charge in [-0.2, -0.15) is 0 Å². The molecule has 242 valence electrons. The van der Waals surface area contributed by atoms with Crippen LogP contribution in [-0.2, 0) is 41.6 Å². The molecule has 15 nitrogen and oxygen atoms in total. The number of H-pyrrole nitrogens is 2. The number of primary amides is 1. The van der Waals surface area contributed by atoms with Crippen molar-refractivity contribution in [2.45, 2.75) is 56.3 Å². The summed E-state index contributed by atoms with van der Waals surface area (Å²) in [5.74, 6) is -6.05. The number of amides is 4. The molecule has 0 bridgehead atoms. The lowest BCUT2D eigenvalue weighted by Crippen LogP contribution is -2.58. The van der Waals surface area contributed by atoms with Gasteiger partial charge in [-0.05, 0) is 29.7 Å². The fourth-order valence-corrected chi connectivity index (χ4v) is 5.09. The number of para-hydroxylation sites is 2. The van der Waals surface area contributed by atoms with Crippen LogP contribution in [0.4, 0.5) is 0 Å². The van der Waals surface area contributed by atoms with Gasteiger partial charge in [0.15, 0.2) is 0 Å². The number of carboxylic acids is 2. The van der Waals surface area contributed by atoms with Crippen LogP contribution in [0.1, 0.15) is 30.4 Å². The van der Waals surface area contributed by atoms with Crippen LogP contribution in [0.3, 0.4) is 0 Å². The summed E-state index contributed by atoms with van der Waals surface area (Å²) >= 11 is 0. The van der Waals surface area contributed by atoms with E-state index >= 15 is 0 Å². The molecule has 2 aromatic carbocycles. The number of hydrogen-bond donors (Lipinski definition) is 9. The average molecular weight is 634 g/mol. The second kappa shape index (κ2) is 14.9. The SMILES string of the molecule is NC(=O)CC(NC(=O)C(Cc1c[nH]c2ccccc12)NC(=O)C(Cc1c[nH]c2ccccc12)NC(=O)C(N)CCC(=O)O)C(=O)O. The number of aliphatic carboxylic acids is 2. The number of carboxylic acid groups (broad SMARTS) is 2. The van der Waals surface area contributed by atoms with Gasteiger partial charge in [0.2, 0.25) is 23.6 Å². The van der Waals surface area contributed by atoms with Crippen molar-refractivity contribution in [1.29, 1.82) is 0 Å². The number of rotatable bonds is 16. The van der Waals surface area contributed by atoms with Gasteiger partial charge >= 0.3 is 11.9 Å². The van der Waals surface area contributed by atoms with E-state index in [1.54, 1.807) is 18.5 Å². The zero-order valence-electron chi connectivity index (χ0n) is 24.6. The maximum Gasteiger partial charge on any atom is 0.326 e. The van der Waals surface area contributed by atoms with Crippen LogP contribution in [0, 0.1) is 0 Å². The van der Waals surface area contributed by atoms with Crippen LogP contribution in [0.5, 0.6) is 0 Å². The minimum absolute atomic E-state index is 0.0336. The first-order chi connectivity index (χ1) is 21.9. The number of aromatic amines is 2. The van der Waals surface area contributed by atoms with Gasteiger partial charge in [0.1, 0.15) is 18.1 Å². The van der Waals surface area contributed by atoms with Gasteiger partial charge in [-0.1, -0.05) is 36.4 Å². The maximum atomic E-state index is 13.9. The Kier molecular flexibility index (Phi) is 10.7. The number of carbonyl (C=O) groups is 6. The molecule has 11 N–H and O–H groups in total. The van der Waals surface area contributed by atoms with Crippen LogP contribution < -0.4 is 27.4 Å². The summed E-state index contributed by atoms with van der Waals surface area (Å²) in [6.45, 7) is 0. The van der Waals surface area contributed by atoms with E-state index in [0.717, 1.165) is 21.8 Å². The van der Waals surface area contributed by atoms with Gasteiger partial charge in [0.05, 0.1) is 12.5 Å². The Balaban J connectivity index is 1.64. The number of hydrogen-bond acceptors (Lipinski definition) is 7. The van der Waals surface area contributed by atoms with Crippen molar-refractivity contribution in [3.8, 4) is 0 Å². The number of benzene rings is 2. The van der Waals surface area contributed by atoms with Crippen LogP contribution >= 0.6 is 0 Å². The van der Waals surface area contributed by atoms with Crippen LogP contribution in [0.25, 0.3) is 21.8 Å². The Labute approximate surface area is 262 Å². The van der Waals surface area contributed by atoms with Crippen LogP contribution in [-0.4, -0.2) is 79.9 Å². The van der Waals surface area contributed by atoms with Gasteiger partial charge in [0, 0.05) is 53.5 Å².